The van der Waals surface area contributed by atoms with E-state index in [4.69, 9.17) is 9.84 Å². The number of methoxy groups -OCH3 is 1. The molecule has 0 aliphatic heterocycles. The summed E-state index contributed by atoms with van der Waals surface area (Å²) in [7, 11) is 1.52. The summed E-state index contributed by atoms with van der Waals surface area (Å²) in [5.41, 5.74) is 1.15. The van der Waals surface area contributed by atoms with Crippen molar-refractivity contribution in [2.75, 3.05) is 7.11 Å². The predicted molar refractivity (Wildman–Crippen MR) is 66.0 cm³/mol. The van der Waals surface area contributed by atoms with Gasteiger partial charge in [-0.15, -0.1) is 0 Å². The third kappa shape index (κ3) is 2.10. The Morgan fingerprint density at radius 2 is 2.11 bits per heavy atom. The van der Waals surface area contributed by atoms with Gasteiger partial charge in [-0.2, -0.15) is 0 Å². The number of H-pyrrole nitrogens is 1. The second-order valence-corrected chi connectivity index (χ2v) is 3.62. The molecular formula is C13H11NO4. The Kier molecular flexibility index (Phi) is 3.14. The molecule has 18 heavy (non-hydrogen) atoms. The standard InChI is InChI=1S/C13H11NO4/c1-18-11-4-2-3-9-13(11)8(7-14-9)10(15)5-6-12(16)17/h2-7,14H,1H3,(H,16,17)/b6-5+. The molecule has 2 rings (SSSR count). The number of ketones is 1. The van der Waals surface area contributed by atoms with Crippen molar-refractivity contribution in [1.82, 2.24) is 4.98 Å². The molecule has 1 aromatic heterocycles. The highest BCUT2D eigenvalue weighted by atomic mass is 16.5. The molecule has 0 amide bonds. The van der Waals surface area contributed by atoms with Crippen molar-refractivity contribution in [2.24, 2.45) is 0 Å². The van der Waals surface area contributed by atoms with Gasteiger partial charge in [-0.05, 0) is 18.2 Å². The van der Waals surface area contributed by atoms with Gasteiger partial charge < -0.3 is 14.8 Å². The maximum atomic E-state index is 11.9. The Balaban J connectivity index is 2.51. The summed E-state index contributed by atoms with van der Waals surface area (Å²) >= 11 is 0. The Hall–Kier alpha value is -2.56. The topological polar surface area (TPSA) is 79.4 Å². The Morgan fingerprint density at radius 1 is 1.33 bits per heavy atom. The van der Waals surface area contributed by atoms with Crippen molar-refractivity contribution in [2.45, 2.75) is 0 Å². The minimum absolute atomic E-state index is 0.381. The van der Waals surface area contributed by atoms with E-state index in [1.807, 2.05) is 6.07 Å². The molecule has 5 nitrogen and oxygen atoms in total. The highest BCUT2D eigenvalue weighted by Crippen LogP contribution is 2.28. The van der Waals surface area contributed by atoms with Gasteiger partial charge in [0.2, 0.25) is 0 Å². The Labute approximate surface area is 103 Å². The summed E-state index contributed by atoms with van der Waals surface area (Å²) in [6.45, 7) is 0. The highest BCUT2D eigenvalue weighted by molar-refractivity contribution is 6.15. The number of aromatic nitrogens is 1. The van der Waals surface area contributed by atoms with Gasteiger partial charge in [0, 0.05) is 17.8 Å². The second-order valence-electron chi connectivity index (χ2n) is 3.62. The quantitative estimate of drug-likeness (QED) is 0.637. The number of carboxylic acids is 1. The zero-order chi connectivity index (χ0) is 13.1. The minimum atomic E-state index is -1.16. The molecule has 5 heteroatoms. The van der Waals surface area contributed by atoms with Crippen molar-refractivity contribution in [3.8, 4) is 5.75 Å². The van der Waals surface area contributed by atoms with Crippen molar-refractivity contribution in [3.05, 3.63) is 42.1 Å². The Bertz CT molecular complexity index is 639. The van der Waals surface area contributed by atoms with E-state index in [1.54, 1.807) is 18.3 Å². The molecule has 0 saturated carbocycles. The largest absolute Gasteiger partial charge is 0.496 e. The lowest BCUT2D eigenvalue weighted by Crippen LogP contribution is -1.96. The van der Waals surface area contributed by atoms with Crippen LogP contribution in [0.3, 0.4) is 0 Å². The number of carbonyl (C=O) groups excluding carboxylic acids is 1. The number of aromatic amines is 1. The average Bonchev–Trinajstić information content (AvgIpc) is 2.79. The summed E-state index contributed by atoms with van der Waals surface area (Å²) < 4.78 is 5.19. The normalized spacial score (nSPS) is 10.9. The molecule has 2 aromatic rings. The van der Waals surface area contributed by atoms with Crippen LogP contribution in [-0.2, 0) is 4.79 Å². The third-order valence-corrected chi connectivity index (χ3v) is 2.53. The van der Waals surface area contributed by atoms with E-state index in [9.17, 15) is 9.59 Å². The van der Waals surface area contributed by atoms with Crippen LogP contribution < -0.4 is 4.74 Å². The van der Waals surface area contributed by atoms with E-state index in [-0.39, 0.29) is 5.78 Å². The van der Waals surface area contributed by atoms with Crippen LogP contribution in [-0.4, -0.2) is 29.0 Å². The molecule has 92 valence electrons. The predicted octanol–water partition coefficient (Wildman–Crippen LogP) is 2.00. The highest BCUT2D eigenvalue weighted by Gasteiger charge is 2.13. The lowest BCUT2D eigenvalue weighted by atomic mass is 10.1. The maximum Gasteiger partial charge on any atom is 0.328 e. The van der Waals surface area contributed by atoms with Crippen LogP contribution in [0.25, 0.3) is 10.9 Å². The first kappa shape index (κ1) is 11.9. The zero-order valence-corrected chi connectivity index (χ0v) is 9.64. The fraction of sp³-hybridized carbons (Fsp3) is 0.0769. The summed E-state index contributed by atoms with van der Waals surface area (Å²) in [5, 5.41) is 9.16. The zero-order valence-electron chi connectivity index (χ0n) is 9.64. The molecule has 0 saturated heterocycles. The molecule has 0 bridgehead atoms. The molecule has 0 aliphatic carbocycles. The van der Waals surface area contributed by atoms with E-state index in [0.29, 0.717) is 16.7 Å². The van der Waals surface area contributed by atoms with Crippen molar-refractivity contribution >= 4 is 22.7 Å². The number of ether oxygens (including phenoxy) is 1. The fourth-order valence-electron chi connectivity index (χ4n) is 1.75. The molecule has 0 unspecified atom stereocenters. The first-order valence-corrected chi connectivity index (χ1v) is 5.23. The van der Waals surface area contributed by atoms with Crippen LogP contribution in [0.5, 0.6) is 5.75 Å². The number of hydrogen-bond donors (Lipinski definition) is 2. The lowest BCUT2D eigenvalue weighted by molar-refractivity contribution is -0.131. The molecule has 0 radical (unpaired) electrons. The molecule has 0 fully saturated rings. The SMILES string of the molecule is COc1cccc2[nH]cc(C(=O)/C=C/C(=O)O)c12. The van der Waals surface area contributed by atoms with Crippen LogP contribution >= 0.6 is 0 Å². The third-order valence-electron chi connectivity index (χ3n) is 2.53. The van der Waals surface area contributed by atoms with Crippen LogP contribution in [0, 0.1) is 0 Å². The van der Waals surface area contributed by atoms with E-state index in [2.05, 4.69) is 4.98 Å². The molecule has 0 aliphatic rings. The van der Waals surface area contributed by atoms with Crippen LogP contribution in [0.1, 0.15) is 10.4 Å². The van der Waals surface area contributed by atoms with Gasteiger partial charge in [-0.1, -0.05) is 6.07 Å². The van der Waals surface area contributed by atoms with Crippen molar-refractivity contribution < 1.29 is 19.4 Å². The number of benzene rings is 1. The van der Waals surface area contributed by atoms with Crippen LogP contribution in [0.2, 0.25) is 0 Å². The maximum absolute atomic E-state index is 11.9. The number of hydrogen-bond acceptors (Lipinski definition) is 3. The monoisotopic (exact) mass is 245 g/mol. The van der Waals surface area contributed by atoms with Gasteiger partial charge in [0.1, 0.15) is 5.75 Å². The molecule has 2 N–H and O–H groups in total. The first-order chi connectivity index (χ1) is 8.63. The number of allylic oxidation sites excluding steroid dienone is 1. The van der Waals surface area contributed by atoms with Gasteiger partial charge in [0.15, 0.2) is 5.78 Å². The average molecular weight is 245 g/mol. The second kappa shape index (κ2) is 4.75. The first-order valence-electron chi connectivity index (χ1n) is 5.23. The van der Waals surface area contributed by atoms with E-state index < -0.39 is 5.97 Å². The van der Waals surface area contributed by atoms with E-state index >= 15 is 0 Å². The number of rotatable bonds is 4. The van der Waals surface area contributed by atoms with Gasteiger partial charge in [-0.3, -0.25) is 4.79 Å². The van der Waals surface area contributed by atoms with Gasteiger partial charge in [0.05, 0.1) is 18.1 Å². The molecular weight excluding hydrogens is 234 g/mol. The molecule has 0 atom stereocenters. The van der Waals surface area contributed by atoms with Crippen LogP contribution in [0.4, 0.5) is 0 Å². The van der Waals surface area contributed by atoms with Gasteiger partial charge in [-0.25, -0.2) is 4.79 Å². The fourth-order valence-corrected chi connectivity index (χ4v) is 1.75. The lowest BCUT2D eigenvalue weighted by Gasteiger charge is -2.02. The number of aliphatic carboxylic acids is 1. The summed E-state index contributed by atoms with van der Waals surface area (Å²) in [4.78, 5) is 25.2. The minimum Gasteiger partial charge on any atom is -0.496 e. The smallest absolute Gasteiger partial charge is 0.328 e. The van der Waals surface area contributed by atoms with E-state index in [1.165, 1.54) is 7.11 Å². The summed E-state index contributed by atoms with van der Waals surface area (Å²) in [5.74, 6) is -0.968. The van der Waals surface area contributed by atoms with Gasteiger partial charge in [0.25, 0.3) is 0 Å². The summed E-state index contributed by atoms with van der Waals surface area (Å²) in [6.07, 6.45) is 3.38. The molecule has 1 aromatic carbocycles. The van der Waals surface area contributed by atoms with E-state index in [0.717, 1.165) is 17.7 Å². The number of fused-ring (bicyclic) bond motifs is 1. The number of nitrogens with one attached hydrogen (secondary N) is 1. The molecule has 1 heterocycles. The van der Waals surface area contributed by atoms with Crippen LogP contribution in [0.15, 0.2) is 36.5 Å². The van der Waals surface area contributed by atoms with Gasteiger partial charge >= 0.3 is 5.97 Å². The Morgan fingerprint density at radius 3 is 2.78 bits per heavy atom. The van der Waals surface area contributed by atoms with Crippen molar-refractivity contribution in [1.29, 1.82) is 0 Å². The molecule has 0 spiro atoms. The summed E-state index contributed by atoms with van der Waals surface area (Å²) in [6, 6.07) is 5.36. The number of carbonyl (C=O) groups is 2. The number of carboxylic acid groups (broad SMARTS) is 1. The van der Waals surface area contributed by atoms with Crippen molar-refractivity contribution in [3.63, 3.8) is 0 Å².